The van der Waals surface area contributed by atoms with Gasteiger partial charge in [0.1, 0.15) is 5.75 Å². The number of carbonyl (C=O) groups excluding carboxylic acids is 2. The average molecular weight is 326 g/mol. The lowest BCUT2D eigenvalue weighted by atomic mass is 10.1. The molecule has 0 atom stereocenters. The number of carbonyl (C=O) groups is 2. The zero-order valence-electron chi connectivity index (χ0n) is 14.0. The molecule has 2 aromatic rings. The van der Waals surface area contributed by atoms with E-state index in [2.05, 4.69) is 10.6 Å². The van der Waals surface area contributed by atoms with Crippen LogP contribution in [0.15, 0.2) is 48.5 Å². The molecule has 5 heteroatoms. The predicted molar refractivity (Wildman–Crippen MR) is 94.2 cm³/mol. The van der Waals surface area contributed by atoms with Gasteiger partial charge in [-0.15, -0.1) is 0 Å². The smallest absolute Gasteiger partial charge is 0.228 e. The van der Waals surface area contributed by atoms with E-state index in [4.69, 9.17) is 4.74 Å². The number of hydrogen-bond acceptors (Lipinski definition) is 3. The largest absolute Gasteiger partial charge is 0.496 e. The van der Waals surface area contributed by atoms with Gasteiger partial charge in [-0.1, -0.05) is 36.4 Å². The number of hydrogen-bond donors (Lipinski definition) is 2. The van der Waals surface area contributed by atoms with Crippen LogP contribution in [0.2, 0.25) is 0 Å². The van der Waals surface area contributed by atoms with Gasteiger partial charge in [0.15, 0.2) is 0 Å². The summed E-state index contributed by atoms with van der Waals surface area (Å²) in [6.07, 6.45) is 1.19. The molecule has 0 radical (unpaired) electrons. The van der Waals surface area contributed by atoms with Gasteiger partial charge in [-0.05, 0) is 24.1 Å². The summed E-state index contributed by atoms with van der Waals surface area (Å²) in [6, 6.07) is 15.0. The molecule has 0 bridgehead atoms. The third kappa shape index (κ3) is 4.84. The molecule has 0 saturated carbocycles. The molecule has 0 spiro atoms. The lowest BCUT2D eigenvalue weighted by Gasteiger charge is -2.12. The van der Waals surface area contributed by atoms with Crippen molar-refractivity contribution in [3.63, 3.8) is 0 Å². The highest BCUT2D eigenvalue weighted by Gasteiger charge is 2.11. The Morgan fingerprint density at radius 1 is 0.958 bits per heavy atom. The first kappa shape index (κ1) is 17.5. The van der Waals surface area contributed by atoms with Crippen LogP contribution in [0.4, 0.5) is 5.69 Å². The van der Waals surface area contributed by atoms with Gasteiger partial charge in [-0.2, -0.15) is 0 Å². The summed E-state index contributed by atoms with van der Waals surface area (Å²) >= 11 is 0. The van der Waals surface area contributed by atoms with E-state index in [1.807, 2.05) is 48.5 Å². The predicted octanol–water partition coefficient (Wildman–Crippen LogP) is 2.56. The fraction of sp³-hybridized carbons (Fsp3) is 0.263. The van der Waals surface area contributed by atoms with Crippen LogP contribution in [-0.2, 0) is 22.4 Å². The summed E-state index contributed by atoms with van der Waals surface area (Å²) in [5, 5.41) is 5.53. The Balaban J connectivity index is 2.05. The minimum absolute atomic E-state index is 0.0230. The van der Waals surface area contributed by atoms with Crippen molar-refractivity contribution < 1.29 is 14.3 Å². The number of anilines is 1. The maximum Gasteiger partial charge on any atom is 0.228 e. The van der Waals surface area contributed by atoms with Gasteiger partial charge in [-0.25, -0.2) is 0 Å². The van der Waals surface area contributed by atoms with Crippen LogP contribution in [0.1, 0.15) is 17.5 Å². The second kappa shape index (κ2) is 8.72. The number of rotatable bonds is 7. The molecular weight excluding hydrogens is 304 g/mol. The fourth-order valence-electron chi connectivity index (χ4n) is 2.45. The molecule has 2 rings (SSSR count). The molecular formula is C19H22N2O3. The van der Waals surface area contributed by atoms with Gasteiger partial charge >= 0.3 is 0 Å². The molecule has 126 valence electrons. The van der Waals surface area contributed by atoms with Gasteiger partial charge in [0.25, 0.3) is 0 Å². The minimum Gasteiger partial charge on any atom is -0.496 e. The minimum atomic E-state index is -0.119. The Hall–Kier alpha value is -2.82. The highest BCUT2D eigenvalue weighted by molar-refractivity contribution is 5.93. The van der Waals surface area contributed by atoms with Crippen molar-refractivity contribution >= 4 is 17.5 Å². The van der Waals surface area contributed by atoms with Crippen LogP contribution < -0.4 is 15.4 Å². The highest BCUT2D eigenvalue weighted by atomic mass is 16.5. The Labute approximate surface area is 142 Å². The molecule has 0 aliphatic carbocycles. The van der Waals surface area contributed by atoms with E-state index in [0.29, 0.717) is 18.6 Å². The standard InChI is InChI=1S/C19H22N2O3/c1-20-18(22)12-11-14-7-3-5-9-16(14)21-19(23)13-15-8-4-6-10-17(15)24-2/h3-10H,11-13H2,1-2H3,(H,20,22)(H,21,23). The number of nitrogens with one attached hydrogen (secondary N) is 2. The van der Waals surface area contributed by atoms with Crippen molar-refractivity contribution in [2.45, 2.75) is 19.3 Å². The number of aryl methyl sites for hydroxylation is 1. The lowest BCUT2D eigenvalue weighted by molar-refractivity contribution is -0.120. The summed E-state index contributed by atoms with van der Waals surface area (Å²) in [6.45, 7) is 0. The SMILES string of the molecule is CNC(=O)CCc1ccccc1NC(=O)Cc1ccccc1OC. The first-order chi connectivity index (χ1) is 11.6. The Kier molecular flexibility index (Phi) is 6.37. The number of methoxy groups -OCH3 is 1. The van der Waals surface area contributed by atoms with E-state index >= 15 is 0 Å². The Bertz CT molecular complexity index is 713. The average Bonchev–Trinajstić information content (AvgIpc) is 2.61. The molecule has 2 aromatic carbocycles. The van der Waals surface area contributed by atoms with Crippen LogP contribution in [0.5, 0.6) is 5.75 Å². The first-order valence-corrected chi connectivity index (χ1v) is 7.84. The van der Waals surface area contributed by atoms with Crippen LogP contribution in [0.25, 0.3) is 0 Å². The third-order valence-electron chi connectivity index (χ3n) is 3.74. The van der Waals surface area contributed by atoms with Crippen LogP contribution in [0, 0.1) is 0 Å². The first-order valence-electron chi connectivity index (χ1n) is 7.84. The van der Waals surface area contributed by atoms with E-state index < -0.39 is 0 Å². The van der Waals surface area contributed by atoms with Gasteiger partial charge in [0.05, 0.1) is 13.5 Å². The summed E-state index contributed by atoms with van der Waals surface area (Å²) in [7, 11) is 3.20. The van der Waals surface area contributed by atoms with Crippen molar-refractivity contribution in [3.05, 3.63) is 59.7 Å². The van der Waals surface area contributed by atoms with Crippen molar-refractivity contribution in [2.24, 2.45) is 0 Å². The molecule has 2 amide bonds. The molecule has 0 aliphatic heterocycles. The van der Waals surface area contributed by atoms with Crippen LogP contribution >= 0.6 is 0 Å². The highest BCUT2D eigenvalue weighted by Crippen LogP contribution is 2.20. The zero-order valence-corrected chi connectivity index (χ0v) is 14.0. The summed E-state index contributed by atoms with van der Waals surface area (Å²) < 4.78 is 5.27. The monoisotopic (exact) mass is 326 g/mol. The molecule has 2 N–H and O–H groups in total. The Morgan fingerprint density at radius 3 is 2.33 bits per heavy atom. The second-order valence-electron chi connectivity index (χ2n) is 5.37. The third-order valence-corrected chi connectivity index (χ3v) is 3.74. The van der Waals surface area contributed by atoms with Gasteiger partial charge in [-0.3, -0.25) is 9.59 Å². The van der Waals surface area contributed by atoms with Gasteiger partial charge in [0, 0.05) is 24.7 Å². The molecule has 0 aliphatic rings. The number of ether oxygens (including phenoxy) is 1. The number of amides is 2. The van der Waals surface area contributed by atoms with Crippen molar-refractivity contribution in [3.8, 4) is 5.75 Å². The quantitative estimate of drug-likeness (QED) is 0.822. The normalized spacial score (nSPS) is 10.1. The molecule has 5 nitrogen and oxygen atoms in total. The maximum absolute atomic E-state index is 12.4. The van der Waals surface area contributed by atoms with Crippen LogP contribution in [0.3, 0.4) is 0 Å². The zero-order chi connectivity index (χ0) is 17.4. The van der Waals surface area contributed by atoms with E-state index in [-0.39, 0.29) is 18.2 Å². The molecule has 0 aromatic heterocycles. The van der Waals surface area contributed by atoms with Crippen molar-refractivity contribution in [1.29, 1.82) is 0 Å². The molecule has 24 heavy (non-hydrogen) atoms. The van der Waals surface area contributed by atoms with Crippen molar-refractivity contribution in [2.75, 3.05) is 19.5 Å². The fourth-order valence-corrected chi connectivity index (χ4v) is 2.45. The van der Waals surface area contributed by atoms with Gasteiger partial charge < -0.3 is 15.4 Å². The Morgan fingerprint density at radius 2 is 1.62 bits per heavy atom. The van der Waals surface area contributed by atoms with E-state index in [1.165, 1.54) is 0 Å². The molecule has 0 heterocycles. The van der Waals surface area contributed by atoms with E-state index in [1.54, 1.807) is 14.2 Å². The maximum atomic E-state index is 12.4. The summed E-state index contributed by atoms with van der Waals surface area (Å²) in [4.78, 5) is 23.8. The van der Waals surface area contributed by atoms with Crippen LogP contribution in [-0.4, -0.2) is 26.0 Å². The van der Waals surface area contributed by atoms with E-state index in [9.17, 15) is 9.59 Å². The van der Waals surface area contributed by atoms with E-state index in [0.717, 1.165) is 16.8 Å². The topological polar surface area (TPSA) is 67.4 Å². The van der Waals surface area contributed by atoms with Crippen molar-refractivity contribution in [1.82, 2.24) is 5.32 Å². The molecule has 0 saturated heterocycles. The van der Waals surface area contributed by atoms with Gasteiger partial charge in [0.2, 0.25) is 11.8 Å². The molecule has 0 unspecified atom stereocenters. The number of benzene rings is 2. The number of para-hydroxylation sites is 2. The summed E-state index contributed by atoms with van der Waals surface area (Å²) in [5.41, 5.74) is 2.51. The summed E-state index contributed by atoms with van der Waals surface area (Å²) in [5.74, 6) is 0.553. The lowest BCUT2D eigenvalue weighted by Crippen LogP contribution is -2.19. The molecule has 0 fully saturated rings. The second-order valence-corrected chi connectivity index (χ2v) is 5.37.